The highest BCUT2D eigenvalue weighted by molar-refractivity contribution is 6.32. The molecule has 3 aromatic heterocycles. The van der Waals surface area contributed by atoms with E-state index in [1.54, 1.807) is 18.2 Å². The van der Waals surface area contributed by atoms with Gasteiger partial charge >= 0.3 is 6.18 Å². The highest BCUT2D eigenvalue weighted by atomic mass is 35.5. The monoisotopic (exact) mass is 574 g/mol. The minimum Gasteiger partial charge on any atom is -0.387 e. The average molecular weight is 575 g/mol. The van der Waals surface area contributed by atoms with Crippen molar-refractivity contribution in [3.63, 3.8) is 0 Å². The Bertz CT molecular complexity index is 1490. The minimum atomic E-state index is -4.70. The van der Waals surface area contributed by atoms with Gasteiger partial charge in [-0.15, -0.1) is 5.10 Å². The number of aldehydes is 1. The lowest BCUT2D eigenvalue weighted by Gasteiger charge is -2.09. The number of aryl methyl sites for hydroxylation is 1. The summed E-state index contributed by atoms with van der Waals surface area (Å²) in [5.41, 5.74) is 3.96. The van der Waals surface area contributed by atoms with E-state index in [1.807, 2.05) is 40.2 Å². The molecule has 15 heteroatoms. The Kier molecular flexibility index (Phi) is 11.5. The highest BCUT2D eigenvalue weighted by Crippen LogP contribution is 2.27. The first-order valence-corrected chi connectivity index (χ1v) is 11.8. The fourth-order valence-corrected chi connectivity index (χ4v) is 3.56. The molecule has 0 fully saturated rings. The predicted molar refractivity (Wildman–Crippen MR) is 144 cm³/mol. The third kappa shape index (κ3) is 7.95. The maximum Gasteiger partial charge on any atom is 0.453 e. The molecule has 3 heterocycles. The molecule has 0 saturated heterocycles. The van der Waals surface area contributed by atoms with Gasteiger partial charge in [-0.2, -0.15) is 23.5 Å². The molecule has 0 atom stereocenters. The molecule has 0 unspecified atom stereocenters. The van der Waals surface area contributed by atoms with Crippen LogP contribution in [0.25, 0.3) is 11.9 Å². The fourth-order valence-electron chi connectivity index (χ4n) is 3.36. The Morgan fingerprint density at radius 2 is 1.93 bits per heavy atom. The van der Waals surface area contributed by atoms with E-state index in [9.17, 15) is 18.0 Å². The van der Waals surface area contributed by atoms with E-state index in [4.69, 9.17) is 16.9 Å². The van der Waals surface area contributed by atoms with Gasteiger partial charge in [-0.05, 0) is 72.9 Å². The quantitative estimate of drug-likeness (QED) is 0.325. The number of rotatable bonds is 6. The van der Waals surface area contributed by atoms with Crippen molar-refractivity contribution in [3.8, 4) is 11.9 Å². The number of nitrogens with one attached hydrogen (secondary N) is 2. The van der Waals surface area contributed by atoms with Crippen LogP contribution < -0.4 is 10.6 Å². The molecule has 0 aliphatic heterocycles. The number of pyridine rings is 1. The van der Waals surface area contributed by atoms with Gasteiger partial charge in [-0.25, -0.2) is 14.3 Å². The molecule has 1 aromatic carbocycles. The second-order valence-electron chi connectivity index (χ2n) is 7.88. The second kappa shape index (κ2) is 14.5. The topological polar surface area (TPSA) is 139 Å². The molecular formula is C25H26ClF3N10O. The average Bonchev–Trinajstić information content (AvgIpc) is 3.56. The summed E-state index contributed by atoms with van der Waals surface area (Å²) in [5, 5.41) is 28.1. The SMILES string of the molecule is C=Cc1cc(C#N)cc(C)c1NC.CNC.O=Cc1cc(Cn2nnnc2C(F)(F)F)nn1-c1ncccc1Cl. The van der Waals surface area contributed by atoms with Crippen LogP contribution in [0.2, 0.25) is 5.02 Å². The summed E-state index contributed by atoms with van der Waals surface area (Å²) in [6.45, 7) is 5.30. The maximum absolute atomic E-state index is 12.8. The third-order valence-electron chi connectivity index (χ3n) is 4.91. The van der Waals surface area contributed by atoms with Crippen LogP contribution in [0.15, 0.2) is 43.1 Å². The fraction of sp³-hybridized carbons (Fsp3) is 0.240. The molecular weight excluding hydrogens is 549 g/mol. The van der Waals surface area contributed by atoms with E-state index in [0.717, 1.165) is 21.5 Å². The van der Waals surface area contributed by atoms with Crippen LogP contribution in [0, 0.1) is 18.3 Å². The van der Waals surface area contributed by atoms with E-state index < -0.39 is 12.0 Å². The summed E-state index contributed by atoms with van der Waals surface area (Å²) in [4.78, 5) is 15.2. The molecule has 11 nitrogen and oxygen atoms in total. The van der Waals surface area contributed by atoms with Crippen molar-refractivity contribution in [1.29, 1.82) is 5.26 Å². The number of halogens is 4. The van der Waals surface area contributed by atoms with Crippen LogP contribution in [-0.2, 0) is 12.7 Å². The molecule has 0 radical (unpaired) electrons. The number of benzene rings is 1. The number of alkyl halides is 3. The van der Waals surface area contributed by atoms with Crippen molar-refractivity contribution in [2.24, 2.45) is 0 Å². The summed E-state index contributed by atoms with van der Waals surface area (Å²) in [5.74, 6) is -1.08. The molecule has 4 rings (SSSR count). The third-order valence-corrected chi connectivity index (χ3v) is 5.21. The number of carbonyl (C=O) groups excluding carboxylic acids is 1. The number of carbonyl (C=O) groups is 1. The first-order valence-electron chi connectivity index (χ1n) is 11.5. The van der Waals surface area contributed by atoms with Crippen LogP contribution in [0.1, 0.15) is 38.7 Å². The molecule has 0 aliphatic carbocycles. The molecule has 40 heavy (non-hydrogen) atoms. The van der Waals surface area contributed by atoms with Crippen LogP contribution in [-0.4, -0.2) is 62.4 Å². The van der Waals surface area contributed by atoms with Crippen molar-refractivity contribution >= 4 is 29.7 Å². The zero-order valence-corrected chi connectivity index (χ0v) is 22.8. The molecule has 0 amide bonds. The molecule has 0 saturated carbocycles. The van der Waals surface area contributed by atoms with Gasteiger partial charge in [0.05, 0.1) is 28.9 Å². The van der Waals surface area contributed by atoms with Gasteiger partial charge < -0.3 is 10.6 Å². The zero-order chi connectivity index (χ0) is 29.9. The van der Waals surface area contributed by atoms with E-state index in [1.165, 1.54) is 12.3 Å². The summed E-state index contributed by atoms with van der Waals surface area (Å²) in [7, 11) is 5.61. The Balaban J connectivity index is 0.000000295. The summed E-state index contributed by atoms with van der Waals surface area (Å²) < 4.78 is 40.0. The number of hydrogen-bond acceptors (Lipinski definition) is 9. The standard InChI is InChI=1S/C12H7ClF3N7O.C11H12N2.C2H7N/c13-9-2-1-3-17-10(9)23-8(6-24)4-7(19-23)5-22-11(12(14,15)16)18-20-21-22;1-4-10-6-9(7-12)5-8(2)11(10)13-3;1-3-2/h1-4,6H,5H2;4-6,13H,1H2,2-3H3;3H,1-2H3. The van der Waals surface area contributed by atoms with Crippen LogP contribution in [0.5, 0.6) is 0 Å². The Morgan fingerprint density at radius 1 is 1.23 bits per heavy atom. The molecule has 4 aromatic rings. The minimum absolute atomic E-state index is 0.0761. The number of aromatic nitrogens is 7. The smallest absolute Gasteiger partial charge is 0.387 e. The first kappa shape index (κ1) is 31.6. The van der Waals surface area contributed by atoms with Crippen LogP contribution >= 0.6 is 11.6 Å². The predicted octanol–water partition coefficient (Wildman–Crippen LogP) is 4.17. The summed E-state index contributed by atoms with van der Waals surface area (Å²) in [6, 6.07) is 10.2. The number of anilines is 1. The summed E-state index contributed by atoms with van der Waals surface area (Å²) in [6.07, 6.45) is -1.02. The highest BCUT2D eigenvalue weighted by Gasteiger charge is 2.38. The molecule has 0 bridgehead atoms. The van der Waals surface area contributed by atoms with Crippen molar-refractivity contribution in [2.75, 3.05) is 26.5 Å². The first-order chi connectivity index (χ1) is 19.0. The van der Waals surface area contributed by atoms with Gasteiger partial charge in [0, 0.05) is 18.9 Å². The summed E-state index contributed by atoms with van der Waals surface area (Å²) >= 11 is 6.00. The second-order valence-corrected chi connectivity index (χ2v) is 8.29. The van der Waals surface area contributed by atoms with Crippen LogP contribution in [0.4, 0.5) is 18.9 Å². The van der Waals surface area contributed by atoms with Gasteiger partial charge in [-0.3, -0.25) is 4.79 Å². The number of nitriles is 1. The van der Waals surface area contributed by atoms with E-state index in [2.05, 4.69) is 48.9 Å². The Morgan fingerprint density at radius 3 is 2.48 bits per heavy atom. The van der Waals surface area contributed by atoms with E-state index in [0.29, 0.717) is 16.5 Å². The van der Waals surface area contributed by atoms with Gasteiger partial charge in [0.1, 0.15) is 5.69 Å². The number of hydrogen-bond donors (Lipinski definition) is 2. The molecule has 0 aliphatic rings. The lowest BCUT2D eigenvalue weighted by Crippen LogP contribution is -2.17. The van der Waals surface area contributed by atoms with E-state index >= 15 is 0 Å². The molecule has 2 N–H and O–H groups in total. The lowest BCUT2D eigenvalue weighted by molar-refractivity contribution is -0.147. The normalized spacial score (nSPS) is 10.4. The lowest BCUT2D eigenvalue weighted by atomic mass is 10.0. The van der Waals surface area contributed by atoms with Crippen molar-refractivity contribution in [3.05, 3.63) is 82.0 Å². The maximum atomic E-state index is 12.8. The van der Waals surface area contributed by atoms with Gasteiger partial charge in [-0.1, -0.05) is 24.3 Å². The number of nitrogens with zero attached hydrogens (tertiary/aromatic N) is 8. The number of tetrazole rings is 1. The largest absolute Gasteiger partial charge is 0.453 e. The Hall–Kier alpha value is -4.61. The van der Waals surface area contributed by atoms with Gasteiger partial charge in [0.2, 0.25) is 0 Å². The van der Waals surface area contributed by atoms with Crippen molar-refractivity contribution < 1.29 is 18.0 Å². The van der Waals surface area contributed by atoms with Gasteiger partial charge in [0.15, 0.2) is 12.1 Å². The van der Waals surface area contributed by atoms with Crippen molar-refractivity contribution in [1.82, 2.24) is 40.3 Å². The molecule has 0 spiro atoms. The molecule has 210 valence electrons. The van der Waals surface area contributed by atoms with Gasteiger partial charge in [0.25, 0.3) is 5.82 Å². The zero-order valence-electron chi connectivity index (χ0n) is 22.0. The van der Waals surface area contributed by atoms with Crippen molar-refractivity contribution in [2.45, 2.75) is 19.6 Å². The Labute approximate surface area is 233 Å². The van der Waals surface area contributed by atoms with E-state index in [-0.39, 0.29) is 28.8 Å². The van der Waals surface area contributed by atoms with Crippen LogP contribution in [0.3, 0.4) is 0 Å².